The van der Waals surface area contributed by atoms with Gasteiger partial charge in [0.1, 0.15) is 5.84 Å². The molecule has 0 aliphatic heterocycles. The maximum atomic E-state index is 12.9. The van der Waals surface area contributed by atoms with Gasteiger partial charge in [-0.2, -0.15) is 13.2 Å². The molecule has 0 aliphatic carbocycles. The van der Waals surface area contributed by atoms with Gasteiger partial charge in [-0.3, -0.25) is 10.1 Å². The normalized spacial score (nSPS) is 12.5. The number of nitrogens with one attached hydrogen (secondary N) is 2. The second-order valence-corrected chi connectivity index (χ2v) is 6.60. The van der Waals surface area contributed by atoms with Gasteiger partial charge in [-0.15, -0.1) is 0 Å². The van der Waals surface area contributed by atoms with Crippen LogP contribution in [0.4, 0.5) is 18.9 Å². The predicted octanol–water partition coefficient (Wildman–Crippen LogP) is 2.14. The van der Waals surface area contributed by atoms with Gasteiger partial charge in [0, 0.05) is 11.3 Å². The number of nitrogen functional groups attached to an aromatic ring is 1. The van der Waals surface area contributed by atoms with Crippen LogP contribution in [0, 0.1) is 5.41 Å². The maximum Gasteiger partial charge on any atom is 0.417 e. The Balaban J connectivity index is 3.31. The molecular weight excluding hydrogens is 295 g/mol. The Morgan fingerprint density at radius 1 is 1.35 bits per heavy atom. The third-order valence-electron chi connectivity index (χ3n) is 2.50. The SMILES string of the molecule is CC(C)S(=O)(=O)Nc1ccc(C(=N)N)c(C(F)(F)F)c1. The lowest BCUT2D eigenvalue weighted by atomic mass is 10.1. The van der Waals surface area contributed by atoms with Gasteiger partial charge in [-0.1, -0.05) is 0 Å². The number of anilines is 1. The number of nitrogens with two attached hydrogens (primary N) is 1. The molecule has 20 heavy (non-hydrogen) atoms. The van der Waals surface area contributed by atoms with E-state index in [9.17, 15) is 21.6 Å². The standard InChI is InChI=1S/C11H14F3N3O2S/c1-6(2)20(18,19)17-7-3-4-8(10(15)16)9(5-7)11(12,13)14/h3-6,17H,1-2H3,(H3,15,16). The zero-order chi connectivity index (χ0) is 15.7. The number of amidine groups is 1. The van der Waals surface area contributed by atoms with Gasteiger partial charge < -0.3 is 5.73 Å². The summed E-state index contributed by atoms with van der Waals surface area (Å²) in [5.74, 6) is -0.740. The fourth-order valence-electron chi connectivity index (χ4n) is 1.36. The van der Waals surface area contributed by atoms with Crippen LogP contribution in [0.1, 0.15) is 25.0 Å². The first-order valence-corrected chi connectivity index (χ1v) is 7.07. The first-order valence-electron chi connectivity index (χ1n) is 5.52. The van der Waals surface area contributed by atoms with Gasteiger partial charge in [-0.05, 0) is 32.0 Å². The fraction of sp³-hybridized carbons (Fsp3) is 0.364. The van der Waals surface area contributed by atoms with Gasteiger partial charge in [0.15, 0.2) is 0 Å². The zero-order valence-corrected chi connectivity index (χ0v) is 11.6. The lowest BCUT2D eigenvalue weighted by Crippen LogP contribution is -2.23. The van der Waals surface area contributed by atoms with Gasteiger partial charge in [0.2, 0.25) is 10.0 Å². The number of alkyl halides is 3. The van der Waals surface area contributed by atoms with E-state index in [1.165, 1.54) is 13.8 Å². The van der Waals surface area contributed by atoms with Crippen LogP contribution in [-0.2, 0) is 16.2 Å². The van der Waals surface area contributed by atoms with Crippen molar-refractivity contribution >= 4 is 21.5 Å². The Morgan fingerprint density at radius 3 is 2.30 bits per heavy atom. The lowest BCUT2D eigenvalue weighted by molar-refractivity contribution is -0.137. The van der Waals surface area contributed by atoms with E-state index in [1.54, 1.807) is 0 Å². The van der Waals surface area contributed by atoms with E-state index >= 15 is 0 Å². The van der Waals surface area contributed by atoms with Gasteiger partial charge in [-0.25, -0.2) is 8.42 Å². The average Bonchev–Trinajstić information content (AvgIpc) is 2.26. The van der Waals surface area contributed by atoms with Crippen molar-refractivity contribution in [2.45, 2.75) is 25.3 Å². The summed E-state index contributed by atoms with van der Waals surface area (Å²) >= 11 is 0. The summed E-state index contributed by atoms with van der Waals surface area (Å²) in [7, 11) is -3.75. The molecule has 1 aromatic rings. The van der Waals surface area contributed by atoms with Crippen molar-refractivity contribution < 1.29 is 21.6 Å². The third kappa shape index (κ3) is 3.62. The molecule has 0 atom stereocenters. The molecule has 0 amide bonds. The average molecular weight is 309 g/mol. The van der Waals surface area contributed by atoms with Crippen LogP contribution in [0.3, 0.4) is 0 Å². The van der Waals surface area contributed by atoms with Gasteiger partial charge >= 0.3 is 6.18 Å². The summed E-state index contributed by atoms with van der Waals surface area (Å²) < 4.78 is 63.8. The van der Waals surface area contributed by atoms with E-state index in [1.807, 2.05) is 0 Å². The molecule has 0 saturated carbocycles. The highest BCUT2D eigenvalue weighted by molar-refractivity contribution is 7.93. The molecule has 1 aromatic carbocycles. The molecule has 0 aromatic heterocycles. The molecule has 5 nitrogen and oxygen atoms in total. The molecule has 0 radical (unpaired) electrons. The summed E-state index contributed by atoms with van der Waals surface area (Å²) in [6, 6.07) is 2.71. The molecular formula is C11H14F3N3O2S. The van der Waals surface area contributed by atoms with Crippen LogP contribution < -0.4 is 10.5 Å². The van der Waals surface area contributed by atoms with Crippen molar-refractivity contribution in [1.29, 1.82) is 5.41 Å². The lowest BCUT2D eigenvalue weighted by Gasteiger charge is -2.15. The number of hydrogen-bond acceptors (Lipinski definition) is 3. The topological polar surface area (TPSA) is 96.0 Å². The maximum absolute atomic E-state index is 12.9. The summed E-state index contributed by atoms with van der Waals surface area (Å²) in [6.45, 7) is 2.80. The Kier molecular flexibility index (Phi) is 4.33. The van der Waals surface area contributed by atoms with E-state index in [4.69, 9.17) is 11.1 Å². The molecule has 1 rings (SSSR count). The van der Waals surface area contributed by atoms with Crippen LogP contribution in [0.25, 0.3) is 0 Å². The van der Waals surface area contributed by atoms with Crippen molar-refractivity contribution in [3.8, 4) is 0 Å². The zero-order valence-electron chi connectivity index (χ0n) is 10.7. The van der Waals surface area contributed by atoms with Crippen molar-refractivity contribution in [3.63, 3.8) is 0 Å². The Bertz CT molecular complexity index is 624. The minimum absolute atomic E-state index is 0.226. The molecule has 0 saturated heterocycles. The molecule has 9 heteroatoms. The number of sulfonamides is 1. The molecule has 0 bridgehead atoms. The van der Waals surface area contributed by atoms with E-state index in [-0.39, 0.29) is 5.69 Å². The summed E-state index contributed by atoms with van der Waals surface area (Å²) in [5, 5.41) is 6.33. The third-order valence-corrected chi connectivity index (χ3v) is 4.26. The Hall–Kier alpha value is -1.77. The van der Waals surface area contributed by atoms with E-state index < -0.39 is 38.4 Å². The van der Waals surface area contributed by atoms with E-state index in [2.05, 4.69) is 4.72 Å². The second kappa shape index (κ2) is 5.31. The smallest absolute Gasteiger partial charge is 0.384 e. The number of hydrogen-bond donors (Lipinski definition) is 3. The van der Waals surface area contributed by atoms with E-state index in [0.29, 0.717) is 6.07 Å². The highest BCUT2D eigenvalue weighted by Crippen LogP contribution is 2.34. The van der Waals surface area contributed by atoms with Crippen LogP contribution in [0.5, 0.6) is 0 Å². The second-order valence-electron chi connectivity index (χ2n) is 4.37. The van der Waals surface area contributed by atoms with Crippen molar-refractivity contribution in [2.75, 3.05) is 4.72 Å². The summed E-state index contributed by atoms with van der Waals surface area (Å²) in [4.78, 5) is 0. The van der Waals surface area contributed by atoms with Crippen molar-refractivity contribution in [2.24, 2.45) is 5.73 Å². The Labute approximate surface area is 114 Å². The van der Waals surface area contributed by atoms with Crippen molar-refractivity contribution in [3.05, 3.63) is 29.3 Å². The minimum Gasteiger partial charge on any atom is -0.384 e. The molecule has 0 fully saturated rings. The molecule has 4 N–H and O–H groups in total. The monoisotopic (exact) mass is 309 g/mol. The molecule has 0 unspecified atom stereocenters. The quantitative estimate of drug-likeness (QED) is 0.587. The predicted molar refractivity (Wildman–Crippen MR) is 70.1 cm³/mol. The number of halogens is 3. The van der Waals surface area contributed by atoms with Crippen LogP contribution in [-0.4, -0.2) is 19.5 Å². The highest BCUT2D eigenvalue weighted by atomic mass is 32.2. The largest absolute Gasteiger partial charge is 0.417 e. The van der Waals surface area contributed by atoms with Crippen LogP contribution >= 0.6 is 0 Å². The van der Waals surface area contributed by atoms with Gasteiger partial charge in [0.05, 0.1) is 10.8 Å². The highest BCUT2D eigenvalue weighted by Gasteiger charge is 2.34. The van der Waals surface area contributed by atoms with Crippen LogP contribution in [0.15, 0.2) is 18.2 Å². The summed E-state index contributed by atoms with van der Waals surface area (Å²) in [5.41, 5.74) is 3.20. The molecule has 0 aliphatic rings. The van der Waals surface area contributed by atoms with Gasteiger partial charge in [0.25, 0.3) is 0 Å². The molecule has 0 spiro atoms. The molecule has 0 heterocycles. The number of rotatable bonds is 4. The Morgan fingerprint density at radius 2 is 1.90 bits per heavy atom. The first kappa shape index (κ1) is 16.3. The first-order chi connectivity index (χ1) is 8.95. The van der Waals surface area contributed by atoms with E-state index in [0.717, 1.165) is 12.1 Å². The number of benzene rings is 1. The fourth-order valence-corrected chi connectivity index (χ4v) is 2.05. The van der Waals surface area contributed by atoms with Crippen LogP contribution in [0.2, 0.25) is 0 Å². The van der Waals surface area contributed by atoms with Crippen molar-refractivity contribution in [1.82, 2.24) is 0 Å². The molecule has 112 valence electrons. The minimum atomic E-state index is -4.74. The summed E-state index contributed by atoms with van der Waals surface area (Å²) in [6.07, 6.45) is -4.74.